The predicted octanol–water partition coefficient (Wildman–Crippen LogP) is 8.15. The van der Waals surface area contributed by atoms with Gasteiger partial charge in [-0.2, -0.15) is 0 Å². The first kappa shape index (κ1) is 16.4. The van der Waals surface area contributed by atoms with Gasteiger partial charge in [0.25, 0.3) is 0 Å². The highest BCUT2D eigenvalue weighted by Crippen LogP contribution is 2.42. The molecule has 2 aromatic heterocycles. The summed E-state index contributed by atoms with van der Waals surface area (Å²) in [5, 5.41) is 7.31. The molecule has 134 valence electrons. The van der Waals surface area contributed by atoms with E-state index in [-0.39, 0.29) is 0 Å². The van der Waals surface area contributed by atoms with Crippen molar-refractivity contribution < 1.29 is 0 Å². The van der Waals surface area contributed by atoms with Crippen LogP contribution in [0.1, 0.15) is 0 Å². The molecule has 0 saturated carbocycles. The zero-order valence-corrected chi connectivity index (χ0v) is 17.9. The van der Waals surface area contributed by atoms with Gasteiger partial charge in [0.15, 0.2) is 0 Å². The van der Waals surface area contributed by atoms with E-state index in [9.17, 15) is 0 Å². The normalized spacial score (nSPS) is 11.9. The van der Waals surface area contributed by atoms with Gasteiger partial charge in [-0.05, 0) is 77.7 Å². The highest BCUT2D eigenvalue weighted by atomic mass is 79.9. The maximum absolute atomic E-state index is 3.84. The third-order valence-electron chi connectivity index (χ3n) is 5.45. The lowest BCUT2D eigenvalue weighted by Gasteiger charge is -1.98. The lowest BCUT2D eigenvalue weighted by molar-refractivity contribution is 1.36. The number of hydrogen-bond donors (Lipinski definition) is 2. The quantitative estimate of drug-likeness (QED) is 0.233. The summed E-state index contributed by atoms with van der Waals surface area (Å²) < 4.78 is 2.15. The molecule has 0 aliphatic heterocycles. The van der Waals surface area contributed by atoms with Crippen LogP contribution >= 0.6 is 31.9 Å². The maximum atomic E-state index is 3.84. The molecule has 6 aromatic rings. The monoisotopic (exact) mass is 488 g/mol. The molecular formula is C24H14Br2N2. The zero-order chi connectivity index (χ0) is 18.8. The molecule has 0 aliphatic carbocycles. The van der Waals surface area contributed by atoms with E-state index in [4.69, 9.17) is 0 Å². The fraction of sp³-hybridized carbons (Fsp3) is 0. The summed E-state index contributed by atoms with van der Waals surface area (Å²) in [6.45, 7) is 0. The van der Waals surface area contributed by atoms with Crippen molar-refractivity contribution in [3.05, 3.63) is 81.7 Å². The lowest BCUT2D eigenvalue weighted by atomic mass is 10.1. The van der Waals surface area contributed by atoms with E-state index in [0.29, 0.717) is 0 Å². The van der Waals surface area contributed by atoms with Gasteiger partial charge >= 0.3 is 0 Å². The molecule has 0 spiro atoms. The SMILES string of the molecule is Brc1c(-c2[nH]c3cc4ccccc4cc3c2Br)[nH]c2cc3ccccc3cc12. The third kappa shape index (κ3) is 2.31. The van der Waals surface area contributed by atoms with Crippen LogP contribution in [0.5, 0.6) is 0 Å². The van der Waals surface area contributed by atoms with Crippen LogP contribution in [-0.2, 0) is 0 Å². The van der Waals surface area contributed by atoms with E-state index < -0.39 is 0 Å². The third-order valence-corrected chi connectivity index (χ3v) is 7.10. The Morgan fingerprint density at radius 3 is 1.25 bits per heavy atom. The zero-order valence-electron chi connectivity index (χ0n) is 14.7. The number of halogens is 2. The number of H-pyrrole nitrogens is 2. The van der Waals surface area contributed by atoms with Crippen LogP contribution in [0.25, 0.3) is 54.7 Å². The molecule has 0 radical (unpaired) electrons. The number of hydrogen-bond acceptors (Lipinski definition) is 0. The van der Waals surface area contributed by atoms with E-state index >= 15 is 0 Å². The van der Waals surface area contributed by atoms with Gasteiger partial charge in [-0.15, -0.1) is 0 Å². The summed E-state index contributed by atoms with van der Waals surface area (Å²) in [5.41, 5.74) is 4.35. The van der Waals surface area contributed by atoms with Crippen molar-refractivity contribution in [1.82, 2.24) is 9.97 Å². The first-order valence-corrected chi connectivity index (χ1v) is 10.7. The van der Waals surface area contributed by atoms with Crippen LogP contribution in [0, 0.1) is 0 Å². The number of rotatable bonds is 1. The number of nitrogens with one attached hydrogen (secondary N) is 2. The topological polar surface area (TPSA) is 31.6 Å². The standard InChI is InChI=1S/C24H14Br2N2/c25-21-17-9-13-5-1-3-7-15(13)11-19(17)27-23(21)24-22(26)18-10-14-6-2-4-8-16(14)12-20(18)28-24/h1-12,27-28H. The first-order chi connectivity index (χ1) is 13.7. The van der Waals surface area contributed by atoms with Crippen molar-refractivity contribution in [2.45, 2.75) is 0 Å². The van der Waals surface area contributed by atoms with Gasteiger partial charge in [0.2, 0.25) is 0 Å². The molecule has 0 aliphatic rings. The smallest absolute Gasteiger partial charge is 0.0786 e. The predicted molar refractivity (Wildman–Crippen MR) is 126 cm³/mol. The minimum atomic E-state index is 1.05. The van der Waals surface area contributed by atoms with Gasteiger partial charge in [0.05, 0.1) is 20.3 Å². The van der Waals surface area contributed by atoms with Gasteiger partial charge in [0.1, 0.15) is 0 Å². The lowest BCUT2D eigenvalue weighted by Crippen LogP contribution is -1.79. The Balaban J connectivity index is 1.64. The van der Waals surface area contributed by atoms with Crippen molar-refractivity contribution >= 4 is 75.2 Å². The van der Waals surface area contributed by atoms with E-state index in [1.54, 1.807) is 0 Å². The van der Waals surface area contributed by atoms with Crippen LogP contribution in [0.15, 0.2) is 81.7 Å². The number of fused-ring (bicyclic) bond motifs is 4. The minimum absolute atomic E-state index is 1.05. The average Bonchev–Trinajstić information content (AvgIpc) is 3.21. The van der Waals surface area contributed by atoms with Gasteiger partial charge < -0.3 is 9.97 Å². The molecule has 4 heteroatoms. The Morgan fingerprint density at radius 1 is 0.500 bits per heavy atom. The van der Waals surface area contributed by atoms with Crippen molar-refractivity contribution in [1.29, 1.82) is 0 Å². The highest BCUT2D eigenvalue weighted by Gasteiger charge is 2.18. The summed E-state index contributed by atoms with van der Waals surface area (Å²) >= 11 is 7.68. The molecule has 0 fully saturated rings. The van der Waals surface area contributed by atoms with E-state index in [0.717, 1.165) is 31.4 Å². The minimum Gasteiger partial charge on any atom is -0.352 e. The summed E-state index contributed by atoms with van der Waals surface area (Å²) in [4.78, 5) is 7.22. The van der Waals surface area contributed by atoms with Crippen molar-refractivity contribution in [3.8, 4) is 11.4 Å². The Kier molecular flexibility index (Phi) is 3.49. The second-order valence-electron chi connectivity index (χ2n) is 7.12. The molecular weight excluding hydrogens is 476 g/mol. The molecule has 0 atom stereocenters. The Hall–Kier alpha value is -2.56. The molecule has 0 bridgehead atoms. The second-order valence-corrected chi connectivity index (χ2v) is 8.70. The Morgan fingerprint density at radius 2 is 0.857 bits per heavy atom. The largest absolute Gasteiger partial charge is 0.352 e. The average molecular weight is 490 g/mol. The number of aromatic nitrogens is 2. The number of benzene rings is 4. The summed E-state index contributed by atoms with van der Waals surface area (Å²) in [6, 6.07) is 25.8. The molecule has 28 heavy (non-hydrogen) atoms. The summed E-state index contributed by atoms with van der Waals surface area (Å²) in [7, 11) is 0. The Bertz CT molecular complexity index is 1420. The fourth-order valence-electron chi connectivity index (χ4n) is 4.04. The van der Waals surface area contributed by atoms with Crippen LogP contribution in [0.3, 0.4) is 0 Å². The number of aromatic amines is 2. The van der Waals surface area contributed by atoms with E-state index in [1.165, 1.54) is 32.3 Å². The Labute approximate surface area is 177 Å². The molecule has 0 saturated heterocycles. The molecule has 6 rings (SSSR count). The van der Waals surface area contributed by atoms with Gasteiger partial charge in [-0.3, -0.25) is 0 Å². The molecule has 2 nitrogen and oxygen atoms in total. The second kappa shape index (κ2) is 5.97. The van der Waals surface area contributed by atoms with Gasteiger partial charge in [-0.25, -0.2) is 0 Å². The van der Waals surface area contributed by atoms with Crippen LogP contribution < -0.4 is 0 Å². The summed E-state index contributed by atoms with van der Waals surface area (Å²) in [6.07, 6.45) is 0. The van der Waals surface area contributed by atoms with E-state index in [2.05, 4.69) is 115 Å². The molecule has 0 unspecified atom stereocenters. The molecule has 2 N–H and O–H groups in total. The van der Waals surface area contributed by atoms with Crippen molar-refractivity contribution in [2.75, 3.05) is 0 Å². The van der Waals surface area contributed by atoms with Gasteiger partial charge in [-0.1, -0.05) is 48.5 Å². The molecule has 4 aromatic carbocycles. The summed E-state index contributed by atoms with van der Waals surface area (Å²) in [5.74, 6) is 0. The fourth-order valence-corrected chi connectivity index (χ4v) is 5.29. The van der Waals surface area contributed by atoms with Crippen molar-refractivity contribution in [2.24, 2.45) is 0 Å². The maximum Gasteiger partial charge on any atom is 0.0786 e. The van der Waals surface area contributed by atoms with Crippen LogP contribution in [-0.4, -0.2) is 9.97 Å². The highest BCUT2D eigenvalue weighted by molar-refractivity contribution is 9.11. The first-order valence-electron chi connectivity index (χ1n) is 9.09. The van der Waals surface area contributed by atoms with Crippen LogP contribution in [0.4, 0.5) is 0 Å². The van der Waals surface area contributed by atoms with E-state index in [1.807, 2.05) is 0 Å². The molecule has 0 amide bonds. The van der Waals surface area contributed by atoms with Gasteiger partial charge in [0, 0.05) is 21.8 Å². The van der Waals surface area contributed by atoms with Crippen LogP contribution in [0.2, 0.25) is 0 Å². The van der Waals surface area contributed by atoms with Crippen molar-refractivity contribution in [3.63, 3.8) is 0 Å². The molecule has 2 heterocycles.